The molecule has 1 heterocycles. The third-order valence-corrected chi connectivity index (χ3v) is 4.09. The number of carbonyl (C=O) groups excluding carboxylic acids is 1. The first-order chi connectivity index (χ1) is 12.6. The van der Waals surface area contributed by atoms with Crippen LogP contribution >= 0.6 is 11.6 Å². The van der Waals surface area contributed by atoms with Gasteiger partial charge in [-0.15, -0.1) is 10.2 Å². The van der Waals surface area contributed by atoms with Crippen LogP contribution in [0.3, 0.4) is 0 Å². The lowest BCUT2D eigenvalue weighted by Gasteiger charge is -2.07. The summed E-state index contributed by atoms with van der Waals surface area (Å²) in [6.07, 6.45) is 0.726. The highest BCUT2D eigenvalue weighted by molar-refractivity contribution is 6.30. The van der Waals surface area contributed by atoms with Crippen LogP contribution in [0.25, 0.3) is 0 Å². The van der Waals surface area contributed by atoms with E-state index in [1.54, 1.807) is 12.1 Å². The van der Waals surface area contributed by atoms with Gasteiger partial charge in [-0.2, -0.15) is 0 Å². The van der Waals surface area contributed by atoms with Gasteiger partial charge in [-0.05, 0) is 55.3 Å². The average Bonchev–Trinajstić information content (AvgIpc) is 2.66. The molecule has 132 valence electrons. The van der Waals surface area contributed by atoms with Gasteiger partial charge in [0.1, 0.15) is 0 Å². The van der Waals surface area contributed by atoms with Gasteiger partial charge in [0.25, 0.3) is 5.91 Å². The molecule has 1 amide bonds. The molecular weight excluding hydrogens is 348 g/mol. The van der Waals surface area contributed by atoms with Crippen molar-refractivity contribution in [1.82, 2.24) is 15.5 Å². The molecule has 3 aromatic rings. The predicted octanol–water partition coefficient (Wildman–Crippen LogP) is 4.15. The lowest BCUT2D eigenvalue weighted by molar-refractivity contribution is 0.0948. The zero-order valence-electron chi connectivity index (χ0n) is 14.4. The van der Waals surface area contributed by atoms with Crippen LogP contribution in [-0.4, -0.2) is 22.6 Å². The Labute approximate surface area is 157 Å². The number of anilines is 2. The van der Waals surface area contributed by atoms with E-state index < -0.39 is 0 Å². The van der Waals surface area contributed by atoms with Crippen molar-refractivity contribution in [2.45, 2.75) is 13.3 Å². The summed E-state index contributed by atoms with van der Waals surface area (Å²) in [5.74, 6) is 0.347. The second kappa shape index (κ2) is 8.45. The molecule has 0 unspecified atom stereocenters. The van der Waals surface area contributed by atoms with Gasteiger partial charge < -0.3 is 10.6 Å². The molecule has 6 heteroatoms. The van der Waals surface area contributed by atoms with E-state index in [-0.39, 0.29) is 11.6 Å². The van der Waals surface area contributed by atoms with E-state index in [2.05, 4.69) is 20.8 Å². The Morgan fingerprint density at radius 3 is 2.35 bits per heavy atom. The van der Waals surface area contributed by atoms with Crippen LogP contribution in [0.1, 0.15) is 21.6 Å². The monoisotopic (exact) mass is 366 g/mol. The topological polar surface area (TPSA) is 66.9 Å². The second-order valence-corrected chi connectivity index (χ2v) is 6.36. The zero-order valence-corrected chi connectivity index (χ0v) is 15.1. The number of carbonyl (C=O) groups is 1. The maximum absolute atomic E-state index is 12.1. The highest BCUT2D eigenvalue weighted by Gasteiger charge is 2.08. The molecule has 0 aliphatic heterocycles. The predicted molar refractivity (Wildman–Crippen MR) is 104 cm³/mol. The van der Waals surface area contributed by atoms with Crippen molar-refractivity contribution in [3.05, 3.63) is 82.5 Å². The Kier molecular flexibility index (Phi) is 5.81. The van der Waals surface area contributed by atoms with E-state index in [0.29, 0.717) is 17.4 Å². The van der Waals surface area contributed by atoms with Crippen LogP contribution in [0.4, 0.5) is 11.5 Å². The molecule has 2 N–H and O–H groups in total. The molecule has 0 radical (unpaired) electrons. The molecule has 1 aromatic heterocycles. The number of nitrogens with one attached hydrogen (secondary N) is 2. The Morgan fingerprint density at radius 2 is 1.69 bits per heavy atom. The van der Waals surface area contributed by atoms with Gasteiger partial charge in [0.2, 0.25) is 0 Å². The normalized spacial score (nSPS) is 10.4. The summed E-state index contributed by atoms with van der Waals surface area (Å²) in [5, 5.41) is 14.7. The summed E-state index contributed by atoms with van der Waals surface area (Å²) >= 11 is 5.86. The van der Waals surface area contributed by atoms with Gasteiger partial charge in [-0.25, -0.2) is 0 Å². The fraction of sp³-hybridized carbons (Fsp3) is 0.150. The first-order valence-electron chi connectivity index (χ1n) is 8.30. The van der Waals surface area contributed by atoms with Crippen LogP contribution in [0.2, 0.25) is 5.02 Å². The number of aryl methyl sites for hydroxylation is 1. The summed E-state index contributed by atoms with van der Waals surface area (Å²) < 4.78 is 0. The number of hydrogen-bond donors (Lipinski definition) is 2. The Bertz CT molecular complexity index is 862. The van der Waals surface area contributed by atoms with E-state index in [9.17, 15) is 4.79 Å². The summed E-state index contributed by atoms with van der Waals surface area (Å²) in [6, 6.07) is 18.9. The van der Waals surface area contributed by atoms with Gasteiger partial charge in [0.15, 0.2) is 11.5 Å². The molecule has 0 aliphatic rings. The van der Waals surface area contributed by atoms with E-state index in [1.807, 2.05) is 55.5 Å². The van der Waals surface area contributed by atoms with Gasteiger partial charge in [-0.1, -0.05) is 41.4 Å². The van der Waals surface area contributed by atoms with Crippen molar-refractivity contribution in [2.24, 2.45) is 0 Å². The molecule has 0 spiro atoms. The largest absolute Gasteiger partial charge is 0.350 e. The van der Waals surface area contributed by atoms with Gasteiger partial charge in [0.05, 0.1) is 0 Å². The van der Waals surface area contributed by atoms with Crippen molar-refractivity contribution in [3.8, 4) is 0 Å². The minimum atomic E-state index is -0.242. The third kappa shape index (κ3) is 5.04. The highest BCUT2D eigenvalue weighted by Crippen LogP contribution is 2.14. The minimum absolute atomic E-state index is 0.242. The first-order valence-corrected chi connectivity index (χ1v) is 8.68. The van der Waals surface area contributed by atoms with E-state index in [1.165, 1.54) is 5.56 Å². The molecule has 0 fully saturated rings. The molecule has 3 rings (SSSR count). The number of hydrogen-bond acceptors (Lipinski definition) is 4. The Hall–Kier alpha value is -2.92. The molecule has 0 saturated carbocycles. The smallest absolute Gasteiger partial charge is 0.271 e. The lowest BCUT2D eigenvalue weighted by atomic mass is 10.1. The number of rotatable bonds is 6. The van der Waals surface area contributed by atoms with E-state index >= 15 is 0 Å². The van der Waals surface area contributed by atoms with Crippen LogP contribution in [0, 0.1) is 6.92 Å². The van der Waals surface area contributed by atoms with Gasteiger partial charge >= 0.3 is 0 Å². The first kappa shape index (κ1) is 17.9. The molecular formula is C20H19ClN4O. The molecule has 0 atom stereocenters. The Balaban J connectivity index is 1.51. The highest BCUT2D eigenvalue weighted by atomic mass is 35.5. The van der Waals surface area contributed by atoms with E-state index in [4.69, 9.17) is 11.6 Å². The number of benzene rings is 2. The van der Waals surface area contributed by atoms with Crippen molar-refractivity contribution in [3.63, 3.8) is 0 Å². The standard InChI is InChI=1S/C20H19ClN4O/c1-14-2-8-17(9-3-14)23-19-11-10-18(24-25-19)20(26)22-13-12-15-4-6-16(21)7-5-15/h2-11H,12-13H2,1H3,(H,22,26)(H,23,25). The third-order valence-electron chi connectivity index (χ3n) is 3.83. The van der Waals surface area contributed by atoms with E-state index in [0.717, 1.165) is 17.7 Å². The zero-order chi connectivity index (χ0) is 18.4. The van der Waals surface area contributed by atoms with Crippen LogP contribution < -0.4 is 10.6 Å². The molecule has 5 nitrogen and oxygen atoms in total. The SMILES string of the molecule is Cc1ccc(Nc2ccc(C(=O)NCCc3ccc(Cl)cc3)nn2)cc1. The molecule has 0 bridgehead atoms. The maximum Gasteiger partial charge on any atom is 0.271 e. The number of amides is 1. The fourth-order valence-corrected chi connectivity index (χ4v) is 2.49. The average molecular weight is 367 g/mol. The second-order valence-electron chi connectivity index (χ2n) is 5.93. The van der Waals surface area contributed by atoms with Crippen molar-refractivity contribution < 1.29 is 4.79 Å². The molecule has 0 saturated heterocycles. The number of aromatic nitrogens is 2. The van der Waals surface area contributed by atoms with Gasteiger partial charge in [0, 0.05) is 17.3 Å². The Morgan fingerprint density at radius 1 is 0.962 bits per heavy atom. The summed E-state index contributed by atoms with van der Waals surface area (Å²) in [4.78, 5) is 12.1. The van der Waals surface area contributed by atoms with Crippen LogP contribution in [0.15, 0.2) is 60.7 Å². The van der Waals surface area contributed by atoms with Crippen molar-refractivity contribution >= 4 is 29.0 Å². The molecule has 0 aliphatic carbocycles. The van der Waals surface area contributed by atoms with Crippen LogP contribution in [-0.2, 0) is 6.42 Å². The van der Waals surface area contributed by atoms with Crippen LogP contribution in [0.5, 0.6) is 0 Å². The molecule has 26 heavy (non-hydrogen) atoms. The van der Waals surface area contributed by atoms with Crippen molar-refractivity contribution in [2.75, 3.05) is 11.9 Å². The fourth-order valence-electron chi connectivity index (χ4n) is 2.37. The van der Waals surface area contributed by atoms with Gasteiger partial charge in [-0.3, -0.25) is 4.79 Å². The maximum atomic E-state index is 12.1. The quantitative estimate of drug-likeness (QED) is 0.687. The number of halogens is 1. The summed E-state index contributed by atoms with van der Waals surface area (Å²) in [5.41, 5.74) is 3.51. The lowest BCUT2D eigenvalue weighted by Crippen LogP contribution is -2.26. The summed E-state index contributed by atoms with van der Waals surface area (Å²) in [6.45, 7) is 2.55. The minimum Gasteiger partial charge on any atom is -0.350 e. The summed E-state index contributed by atoms with van der Waals surface area (Å²) in [7, 11) is 0. The van der Waals surface area contributed by atoms with Crippen molar-refractivity contribution in [1.29, 1.82) is 0 Å². The molecule has 2 aromatic carbocycles. The number of nitrogens with zero attached hydrogens (tertiary/aromatic N) is 2.